The van der Waals surface area contributed by atoms with Crippen molar-refractivity contribution in [2.45, 2.75) is 125 Å². The van der Waals surface area contributed by atoms with Crippen molar-refractivity contribution >= 4 is 0 Å². The molecule has 2 aliphatic carbocycles. The third-order valence-electron chi connectivity index (χ3n) is 10.4. The standard InChI is InChI=1S/C34H48O9/c1-2-7-22-11-15-25(16-12-22)42-32-34(40)21-26(23-13-14-24-8-3-4-17-33(24,39)20-23)27(36)9-6-19-41-28(10-5-18-35)30(43-32)29(37)31(34)38/h2,11-12,15-16,23-24,26-32,35-40H,1,3-5,7-10,13-14,17-18,20-21H2. The molecule has 5 aliphatic rings. The SMILES string of the molecule is C=CCc1ccc(OC2OC3C(CCCO)OC#CCC(O)C(C4CCC5CCCCC5(O)C4)CC2(O)C(O)C3O)cc1. The first-order valence-corrected chi connectivity index (χ1v) is 15.9. The Kier molecular flexibility index (Phi) is 10.4. The minimum Gasteiger partial charge on any atom is -0.462 e. The molecule has 1 saturated heterocycles. The summed E-state index contributed by atoms with van der Waals surface area (Å²) in [6, 6.07) is 7.24. The molecule has 43 heavy (non-hydrogen) atoms. The number of allylic oxidation sites excluding steroid dienone is 1. The minimum atomic E-state index is -2.11. The van der Waals surface area contributed by atoms with Gasteiger partial charge in [0.2, 0.25) is 6.29 Å². The zero-order chi connectivity index (χ0) is 30.6. The number of fused-ring (bicyclic) bond motifs is 9. The fraction of sp³-hybridized carbons (Fsp3) is 0.706. The Labute approximate surface area is 254 Å². The van der Waals surface area contributed by atoms with Crippen LogP contribution in [0.15, 0.2) is 36.9 Å². The van der Waals surface area contributed by atoms with Gasteiger partial charge in [0, 0.05) is 13.0 Å². The molecule has 3 aliphatic heterocycles. The van der Waals surface area contributed by atoms with Gasteiger partial charge in [-0.1, -0.05) is 37.0 Å². The lowest BCUT2D eigenvalue weighted by atomic mass is 9.60. The molecule has 6 N–H and O–H groups in total. The normalized spacial score (nSPS) is 41.4. The maximum atomic E-state index is 12.3. The highest BCUT2D eigenvalue weighted by Gasteiger charge is 2.60. The Morgan fingerprint density at radius 1 is 1.05 bits per heavy atom. The van der Waals surface area contributed by atoms with E-state index in [4.69, 9.17) is 14.2 Å². The number of ether oxygens (including phenoxy) is 3. The van der Waals surface area contributed by atoms with Gasteiger partial charge in [-0.3, -0.25) is 0 Å². The van der Waals surface area contributed by atoms with E-state index >= 15 is 0 Å². The van der Waals surface area contributed by atoms with Gasteiger partial charge in [-0.15, -0.1) is 6.58 Å². The molecule has 0 spiro atoms. The van der Waals surface area contributed by atoms with Crippen molar-refractivity contribution in [1.29, 1.82) is 0 Å². The molecule has 3 heterocycles. The van der Waals surface area contributed by atoms with Crippen molar-refractivity contribution in [2.75, 3.05) is 6.61 Å². The lowest BCUT2D eigenvalue weighted by molar-refractivity contribution is -0.334. The highest BCUT2D eigenvalue weighted by molar-refractivity contribution is 5.29. The van der Waals surface area contributed by atoms with E-state index in [1.165, 1.54) is 0 Å². The van der Waals surface area contributed by atoms with E-state index in [9.17, 15) is 30.6 Å². The average molecular weight is 601 g/mol. The third-order valence-corrected chi connectivity index (χ3v) is 10.4. The van der Waals surface area contributed by atoms with E-state index in [1.54, 1.807) is 18.2 Å². The first-order valence-electron chi connectivity index (χ1n) is 15.9. The molecule has 0 radical (unpaired) electrons. The second kappa shape index (κ2) is 13.9. The van der Waals surface area contributed by atoms with Gasteiger partial charge in [0.05, 0.1) is 11.7 Å². The smallest absolute Gasteiger partial charge is 0.232 e. The van der Waals surface area contributed by atoms with Crippen LogP contribution in [-0.4, -0.2) is 85.3 Å². The maximum Gasteiger partial charge on any atom is 0.232 e. The fourth-order valence-corrected chi connectivity index (χ4v) is 7.91. The molecule has 3 fully saturated rings. The van der Waals surface area contributed by atoms with Gasteiger partial charge in [-0.25, -0.2) is 0 Å². The lowest BCUT2D eigenvalue weighted by Gasteiger charge is -2.53. The molecule has 1 aromatic rings. The van der Waals surface area contributed by atoms with Crippen LogP contribution in [0.25, 0.3) is 0 Å². The predicted octanol–water partition coefficient (Wildman–Crippen LogP) is 2.58. The summed E-state index contributed by atoms with van der Waals surface area (Å²) < 4.78 is 18.3. The Hall–Kier alpha value is -2.16. The van der Waals surface area contributed by atoms with E-state index < -0.39 is 53.9 Å². The van der Waals surface area contributed by atoms with Crippen LogP contribution in [0.4, 0.5) is 0 Å². The molecule has 238 valence electrons. The summed E-state index contributed by atoms with van der Waals surface area (Å²) >= 11 is 0. The molecule has 11 unspecified atom stereocenters. The Morgan fingerprint density at radius 2 is 1.84 bits per heavy atom. The van der Waals surface area contributed by atoms with Gasteiger partial charge >= 0.3 is 0 Å². The monoisotopic (exact) mass is 600 g/mol. The highest BCUT2D eigenvalue weighted by Crippen LogP contribution is 2.50. The van der Waals surface area contributed by atoms with Crippen LogP contribution in [0.3, 0.4) is 0 Å². The van der Waals surface area contributed by atoms with Crippen LogP contribution in [0, 0.1) is 29.8 Å². The van der Waals surface area contributed by atoms with Gasteiger partial charge in [-0.05, 0) is 93.2 Å². The molecule has 2 saturated carbocycles. The molecule has 2 bridgehead atoms. The minimum absolute atomic E-state index is 0.0757. The zero-order valence-electron chi connectivity index (χ0n) is 24.9. The van der Waals surface area contributed by atoms with E-state index in [0.29, 0.717) is 31.4 Å². The molecule has 1 aromatic carbocycles. The third kappa shape index (κ3) is 6.91. The zero-order valence-corrected chi connectivity index (χ0v) is 24.9. The summed E-state index contributed by atoms with van der Waals surface area (Å²) in [5.74, 6) is 2.79. The number of benzene rings is 1. The molecule has 11 atom stereocenters. The molecule has 0 amide bonds. The van der Waals surface area contributed by atoms with Crippen molar-refractivity contribution < 1.29 is 44.8 Å². The van der Waals surface area contributed by atoms with Crippen LogP contribution >= 0.6 is 0 Å². The summed E-state index contributed by atoms with van der Waals surface area (Å²) in [7, 11) is 0. The van der Waals surface area contributed by atoms with Crippen LogP contribution in [0.1, 0.15) is 76.2 Å². The van der Waals surface area contributed by atoms with Crippen LogP contribution < -0.4 is 4.74 Å². The van der Waals surface area contributed by atoms with Crippen LogP contribution in [0.5, 0.6) is 5.75 Å². The van der Waals surface area contributed by atoms with E-state index in [1.807, 2.05) is 12.1 Å². The van der Waals surface area contributed by atoms with Crippen molar-refractivity contribution in [1.82, 2.24) is 0 Å². The van der Waals surface area contributed by atoms with Crippen molar-refractivity contribution in [2.24, 2.45) is 17.8 Å². The summed E-state index contributed by atoms with van der Waals surface area (Å²) in [5, 5.41) is 67.9. The van der Waals surface area contributed by atoms with Gasteiger partial charge in [0.15, 0.2) is 5.60 Å². The number of hydrogen-bond acceptors (Lipinski definition) is 9. The van der Waals surface area contributed by atoms with Crippen molar-refractivity contribution in [3.63, 3.8) is 0 Å². The molecule has 9 heteroatoms. The lowest BCUT2D eigenvalue weighted by Crippen LogP contribution is -2.70. The first kappa shape index (κ1) is 32.2. The Morgan fingerprint density at radius 3 is 2.58 bits per heavy atom. The second-order valence-electron chi connectivity index (χ2n) is 13.1. The molecule has 0 aromatic heterocycles. The highest BCUT2D eigenvalue weighted by atomic mass is 16.7. The molecular weight excluding hydrogens is 552 g/mol. The predicted molar refractivity (Wildman–Crippen MR) is 159 cm³/mol. The summed E-state index contributed by atoms with van der Waals surface area (Å²) in [4.78, 5) is 0. The number of aliphatic hydroxyl groups is 6. The van der Waals surface area contributed by atoms with E-state index in [2.05, 4.69) is 18.6 Å². The van der Waals surface area contributed by atoms with Gasteiger partial charge < -0.3 is 44.8 Å². The van der Waals surface area contributed by atoms with Gasteiger partial charge in [0.1, 0.15) is 36.3 Å². The van der Waals surface area contributed by atoms with E-state index in [0.717, 1.165) is 37.7 Å². The van der Waals surface area contributed by atoms with Crippen LogP contribution in [0.2, 0.25) is 0 Å². The van der Waals surface area contributed by atoms with Gasteiger partial charge in [0.25, 0.3) is 0 Å². The van der Waals surface area contributed by atoms with E-state index in [-0.39, 0.29) is 37.7 Å². The summed E-state index contributed by atoms with van der Waals surface area (Å²) in [5.41, 5.74) is -1.91. The Balaban J connectivity index is 1.50. The second-order valence-corrected chi connectivity index (χ2v) is 13.1. The van der Waals surface area contributed by atoms with Crippen molar-refractivity contribution in [3.8, 4) is 17.8 Å². The Bertz CT molecular complexity index is 1130. The largest absolute Gasteiger partial charge is 0.462 e. The number of aliphatic hydroxyl groups excluding tert-OH is 4. The number of hydrogen-bond donors (Lipinski definition) is 6. The summed E-state index contributed by atoms with van der Waals surface area (Å²) in [6.45, 7) is 3.65. The topological polar surface area (TPSA) is 149 Å². The fourth-order valence-electron chi connectivity index (χ4n) is 7.91. The van der Waals surface area contributed by atoms with Gasteiger partial charge in [-0.2, -0.15) is 0 Å². The molecule has 6 rings (SSSR count). The van der Waals surface area contributed by atoms with Crippen LogP contribution in [-0.2, 0) is 15.9 Å². The van der Waals surface area contributed by atoms with Crippen molar-refractivity contribution in [3.05, 3.63) is 42.5 Å². The number of rotatable bonds is 8. The first-order chi connectivity index (χ1) is 20.7. The summed E-state index contributed by atoms with van der Waals surface area (Å²) in [6.07, 6.45) is 3.90. The molecule has 9 nitrogen and oxygen atoms in total. The maximum absolute atomic E-state index is 12.3. The molecular formula is C34H48O9. The quantitative estimate of drug-likeness (QED) is 0.196. The average Bonchev–Trinajstić information content (AvgIpc) is 3.00.